The van der Waals surface area contributed by atoms with Gasteiger partial charge in [-0.15, -0.1) is 0 Å². The summed E-state index contributed by atoms with van der Waals surface area (Å²) in [5, 5.41) is 0. The standard InChI is InChI=1S/C26H38N2O3S/c1-6-8-15-26(16-9-7-2)19-28(21-13-11-10-12-14-21)23-17-22(27(3)4)24(31-5)18-25(23)32(29,30)20-26/h10-14,17-18H,6-9,15-16,19-20H2,1-5H3. The molecule has 1 aliphatic heterocycles. The molecule has 5 nitrogen and oxygen atoms in total. The van der Waals surface area contributed by atoms with E-state index in [-0.39, 0.29) is 11.2 Å². The van der Waals surface area contributed by atoms with Gasteiger partial charge in [0.2, 0.25) is 0 Å². The van der Waals surface area contributed by atoms with Crippen LogP contribution in [0.2, 0.25) is 0 Å². The summed E-state index contributed by atoms with van der Waals surface area (Å²) in [6.45, 7) is 5.05. The van der Waals surface area contributed by atoms with Crippen LogP contribution in [-0.2, 0) is 9.84 Å². The number of nitrogens with zero attached hydrogens (tertiary/aromatic N) is 2. The monoisotopic (exact) mass is 458 g/mol. The topological polar surface area (TPSA) is 49.9 Å². The molecule has 176 valence electrons. The first-order valence-corrected chi connectivity index (χ1v) is 13.4. The van der Waals surface area contributed by atoms with E-state index in [2.05, 4.69) is 30.9 Å². The summed E-state index contributed by atoms with van der Waals surface area (Å²) in [5.74, 6) is 0.765. The Bertz CT molecular complexity index is 995. The molecule has 6 heteroatoms. The van der Waals surface area contributed by atoms with Crippen LogP contribution in [0.15, 0.2) is 47.4 Å². The lowest BCUT2D eigenvalue weighted by molar-refractivity contribution is 0.270. The van der Waals surface area contributed by atoms with Crippen LogP contribution in [0.5, 0.6) is 5.75 Å². The van der Waals surface area contributed by atoms with Crippen LogP contribution in [0, 0.1) is 5.41 Å². The van der Waals surface area contributed by atoms with Crippen LogP contribution in [0.3, 0.4) is 0 Å². The zero-order valence-electron chi connectivity index (χ0n) is 20.2. The fourth-order valence-corrected chi connectivity index (χ4v) is 6.94. The molecule has 0 saturated carbocycles. The molecule has 0 atom stereocenters. The molecule has 0 N–H and O–H groups in total. The number of hydrogen-bond acceptors (Lipinski definition) is 5. The van der Waals surface area contributed by atoms with E-state index >= 15 is 0 Å². The molecule has 1 heterocycles. The van der Waals surface area contributed by atoms with E-state index < -0.39 is 9.84 Å². The van der Waals surface area contributed by atoms with Crippen LogP contribution < -0.4 is 14.5 Å². The number of hydrogen-bond donors (Lipinski definition) is 0. The average Bonchev–Trinajstić information content (AvgIpc) is 2.88. The van der Waals surface area contributed by atoms with Crippen LogP contribution in [0.1, 0.15) is 52.4 Å². The highest BCUT2D eigenvalue weighted by Crippen LogP contribution is 2.47. The van der Waals surface area contributed by atoms with Gasteiger partial charge >= 0.3 is 0 Å². The van der Waals surface area contributed by atoms with Crippen molar-refractivity contribution >= 4 is 26.9 Å². The predicted octanol–water partition coefficient (Wildman–Crippen LogP) is 6.05. The van der Waals surface area contributed by atoms with Gasteiger partial charge in [-0.1, -0.05) is 57.7 Å². The van der Waals surface area contributed by atoms with Gasteiger partial charge in [0.05, 0.1) is 29.1 Å². The van der Waals surface area contributed by atoms with E-state index in [9.17, 15) is 8.42 Å². The lowest BCUT2D eigenvalue weighted by atomic mass is 9.79. The van der Waals surface area contributed by atoms with Gasteiger partial charge in [-0.2, -0.15) is 0 Å². The molecule has 0 saturated heterocycles. The number of fused-ring (bicyclic) bond motifs is 1. The molecule has 1 aliphatic rings. The van der Waals surface area contributed by atoms with Crippen LogP contribution in [0.25, 0.3) is 0 Å². The van der Waals surface area contributed by atoms with Crippen molar-refractivity contribution in [1.29, 1.82) is 0 Å². The molecule has 2 aromatic carbocycles. The molecule has 0 spiro atoms. The highest BCUT2D eigenvalue weighted by molar-refractivity contribution is 7.91. The normalized spacial score (nSPS) is 16.8. The number of sulfone groups is 1. The van der Waals surface area contributed by atoms with Crippen LogP contribution in [-0.4, -0.2) is 41.9 Å². The van der Waals surface area contributed by atoms with Gasteiger partial charge < -0.3 is 14.5 Å². The number of benzene rings is 2. The molecule has 0 radical (unpaired) electrons. The maximum absolute atomic E-state index is 13.9. The minimum absolute atomic E-state index is 0.181. The Morgan fingerprint density at radius 1 is 1.03 bits per heavy atom. The van der Waals surface area contributed by atoms with Crippen molar-refractivity contribution < 1.29 is 13.2 Å². The lowest BCUT2D eigenvalue weighted by Gasteiger charge is -2.37. The van der Waals surface area contributed by atoms with Crippen molar-refractivity contribution in [3.63, 3.8) is 0 Å². The zero-order chi connectivity index (χ0) is 23.4. The van der Waals surface area contributed by atoms with Crippen molar-refractivity contribution in [2.24, 2.45) is 5.41 Å². The molecule has 0 unspecified atom stereocenters. The SMILES string of the molecule is CCCCC1(CCCC)CN(c2ccccc2)c2cc(N(C)C)c(OC)cc2S(=O)(=O)C1. The smallest absolute Gasteiger partial charge is 0.181 e. The maximum Gasteiger partial charge on any atom is 0.181 e. The number of para-hydroxylation sites is 1. The first-order valence-electron chi connectivity index (χ1n) is 11.7. The number of methoxy groups -OCH3 is 1. The number of rotatable bonds is 9. The molecule has 2 aromatic rings. The number of ether oxygens (including phenoxy) is 1. The third-order valence-electron chi connectivity index (χ3n) is 6.55. The van der Waals surface area contributed by atoms with Gasteiger partial charge in [-0.25, -0.2) is 8.42 Å². The molecule has 3 rings (SSSR count). The molecule has 0 bridgehead atoms. The first kappa shape index (κ1) is 24.4. The van der Waals surface area contributed by atoms with Gasteiger partial charge in [-0.3, -0.25) is 0 Å². The van der Waals surface area contributed by atoms with E-state index in [0.717, 1.165) is 55.6 Å². The Labute approximate surface area is 194 Å². The van der Waals surface area contributed by atoms with Crippen molar-refractivity contribution in [2.75, 3.05) is 43.3 Å². The summed E-state index contributed by atoms with van der Waals surface area (Å²) in [6, 6.07) is 13.9. The number of anilines is 3. The van der Waals surface area contributed by atoms with E-state index in [0.29, 0.717) is 17.2 Å². The van der Waals surface area contributed by atoms with Crippen molar-refractivity contribution in [3.8, 4) is 5.75 Å². The number of unbranched alkanes of at least 4 members (excludes halogenated alkanes) is 2. The minimum Gasteiger partial charge on any atom is -0.495 e. The summed E-state index contributed by atoms with van der Waals surface area (Å²) in [7, 11) is 2.00. The Morgan fingerprint density at radius 2 is 1.66 bits per heavy atom. The molecular formula is C26H38N2O3S. The fourth-order valence-electron chi connectivity index (χ4n) is 4.83. The Morgan fingerprint density at radius 3 is 2.19 bits per heavy atom. The highest BCUT2D eigenvalue weighted by Gasteiger charge is 2.42. The second-order valence-electron chi connectivity index (χ2n) is 9.27. The second-order valence-corrected chi connectivity index (χ2v) is 11.2. The van der Waals surface area contributed by atoms with E-state index in [1.807, 2.05) is 43.3 Å². The van der Waals surface area contributed by atoms with Gasteiger partial charge in [0.1, 0.15) is 5.75 Å². The Balaban J connectivity index is 2.28. The van der Waals surface area contributed by atoms with Crippen LogP contribution in [0.4, 0.5) is 17.1 Å². The molecule has 0 aromatic heterocycles. The first-order chi connectivity index (χ1) is 15.3. The average molecular weight is 459 g/mol. The third kappa shape index (κ3) is 5.06. The molecular weight excluding hydrogens is 420 g/mol. The minimum atomic E-state index is -3.50. The van der Waals surface area contributed by atoms with Crippen molar-refractivity contribution in [3.05, 3.63) is 42.5 Å². The zero-order valence-corrected chi connectivity index (χ0v) is 21.0. The van der Waals surface area contributed by atoms with Gasteiger partial charge in [0.25, 0.3) is 0 Å². The Hall–Kier alpha value is -2.21. The molecule has 0 aliphatic carbocycles. The second kappa shape index (κ2) is 10.2. The van der Waals surface area contributed by atoms with Crippen molar-refractivity contribution in [1.82, 2.24) is 0 Å². The lowest BCUT2D eigenvalue weighted by Crippen LogP contribution is -2.38. The molecule has 0 fully saturated rings. The summed E-state index contributed by atoms with van der Waals surface area (Å²) < 4.78 is 33.3. The van der Waals surface area contributed by atoms with Gasteiger partial charge in [0, 0.05) is 37.8 Å². The maximum atomic E-state index is 13.9. The highest BCUT2D eigenvalue weighted by atomic mass is 32.2. The Kier molecular flexibility index (Phi) is 7.75. The van der Waals surface area contributed by atoms with E-state index in [1.165, 1.54) is 0 Å². The summed E-state index contributed by atoms with van der Waals surface area (Å²) in [4.78, 5) is 4.58. The summed E-state index contributed by atoms with van der Waals surface area (Å²) in [5.41, 5.74) is 2.36. The summed E-state index contributed by atoms with van der Waals surface area (Å²) in [6.07, 6.45) is 6.01. The third-order valence-corrected chi connectivity index (χ3v) is 8.54. The van der Waals surface area contributed by atoms with Crippen molar-refractivity contribution in [2.45, 2.75) is 57.3 Å². The molecule has 0 amide bonds. The fraction of sp³-hybridized carbons (Fsp3) is 0.538. The predicted molar refractivity (Wildman–Crippen MR) is 134 cm³/mol. The van der Waals surface area contributed by atoms with Gasteiger partial charge in [0.15, 0.2) is 9.84 Å². The van der Waals surface area contributed by atoms with Gasteiger partial charge in [-0.05, 0) is 31.0 Å². The largest absolute Gasteiger partial charge is 0.495 e. The summed E-state index contributed by atoms with van der Waals surface area (Å²) >= 11 is 0. The van der Waals surface area contributed by atoms with E-state index in [1.54, 1.807) is 13.2 Å². The quantitative estimate of drug-likeness (QED) is 0.458. The van der Waals surface area contributed by atoms with Crippen LogP contribution >= 0.6 is 0 Å². The van der Waals surface area contributed by atoms with E-state index in [4.69, 9.17) is 4.74 Å². The molecule has 32 heavy (non-hydrogen) atoms.